The Balaban J connectivity index is 1.51. The van der Waals surface area contributed by atoms with Gasteiger partial charge in [-0.15, -0.1) is 0 Å². The first kappa shape index (κ1) is 19.2. The van der Waals surface area contributed by atoms with Crippen molar-refractivity contribution in [3.05, 3.63) is 11.8 Å². The number of carbonyl (C=O) groups is 1. The maximum Gasteiger partial charge on any atom is 0.317 e. The van der Waals surface area contributed by atoms with Gasteiger partial charge in [-0.25, -0.2) is 0 Å². The normalized spacial score (nSPS) is 21.2. The lowest BCUT2D eigenvalue weighted by Crippen LogP contribution is -2.36. The Kier molecular flexibility index (Phi) is 6.19. The highest BCUT2D eigenvalue weighted by molar-refractivity contribution is 5.77. The Labute approximate surface area is 154 Å². The van der Waals surface area contributed by atoms with Gasteiger partial charge in [0.15, 0.2) is 11.5 Å². The number of aromatic nitrogens is 1. The molecule has 3 rings (SSSR count). The maximum atomic E-state index is 12.1. The minimum absolute atomic E-state index is 0.0517. The summed E-state index contributed by atoms with van der Waals surface area (Å²) in [6.45, 7) is 8.01. The molecule has 26 heavy (non-hydrogen) atoms. The van der Waals surface area contributed by atoms with Crippen LogP contribution < -0.4 is 4.74 Å². The SMILES string of the molecule is CCOC(=O)C(c1cc(OCC2CCC3(CC2)OCCO3)no1)C(C)C. The summed E-state index contributed by atoms with van der Waals surface area (Å²) in [7, 11) is 0. The standard InChI is InChI=1S/C19H29NO6/c1-4-22-18(21)17(13(2)3)15-11-16(20-26-15)23-12-14-5-7-19(8-6-14)24-9-10-25-19/h11,13-14,17H,4-10,12H2,1-3H3. The quantitative estimate of drug-likeness (QED) is 0.684. The van der Waals surface area contributed by atoms with E-state index in [0.29, 0.717) is 44.0 Å². The number of carbonyl (C=O) groups excluding carboxylic acids is 1. The molecule has 0 N–H and O–H groups in total. The van der Waals surface area contributed by atoms with Gasteiger partial charge in [0.2, 0.25) is 0 Å². The Hall–Kier alpha value is -1.60. The van der Waals surface area contributed by atoms with Gasteiger partial charge in [0.1, 0.15) is 5.92 Å². The first-order valence-electron chi connectivity index (χ1n) is 9.57. The van der Waals surface area contributed by atoms with E-state index in [-0.39, 0.29) is 17.7 Å². The second-order valence-corrected chi connectivity index (χ2v) is 7.40. The van der Waals surface area contributed by atoms with E-state index >= 15 is 0 Å². The Morgan fingerprint density at radius 3 is 2.62 bits per heavy atom. The van der Waals surface area contributed by atoms with E-state index in [4.69, 9.17) is 23.5 Å². The summed E-state index contributed by atoms with van der Waals surface area (Å²) < 4.78 is 27.8. The topological polar surface area (TPSA) is 80.0 Å². The minimum atomic E-state index is -0.467. The van der Waals surface area contributed by atoms with Crippen LogP contribution in [0.2, 0.25) is 0 Å². The van der Waals surface area contributed by atoms with Gasteiger partial charge < -0.3 is 23.5 Å². The van der Waals surface area contributed by atoms with Gasteiger partial charge in [-0.1, -0.05) is 13.8 Å². The number of nitrogens with zero attached hydrogens (tertiary/aromatic N) is 1. The average molecular weight is 367 g/mol. The van der Waals surface area contributed by atoms with Gasteiger partial charge in [0.25, 0.3) is 5.88 Å². The molecule has 7 heteroatoms. The zero-order chi connectivity index (χ0) is 18.6. The molecule has 0 radical (unpaired) electrons. The third-order valence-electron chi connectivity index (χ3n) is 5.17. The van der Waals surface area contributed by atoms with Crippen LogP contribution in [0.15, 0.2) is 10.6 Å². The highest BCUT2D eigenvalue weighted by Crippen LogP contribution is 2.38. The molecule has 7 nitrogen and oxygen atoms in total. The van der Waals surface area contributed by atoms with Gasteiger partial charge >= 0.3 is 5.97 Å². The molecule has 1 aliphatic heterocycles. The van der Waals surface area contributed by atoms with Crippen molar-refractivity contribution < 1.29 is 28.3 Å². The van der Waals surface area contributed by atoms with Gasteiger partial charge in [-0.3, -0.25) is 4.79 Å². The van der Waals surface area contributed by atoms with Crippen LogP contribution in [0.1, 0.15) is 58.1 Å². The molecule has 1 saturated heterocycles. The van der Waals surface area contributed by atoms with E-state index in [9.17, 15) is 4.79 Å². The molecule has 2 heterocycles. The second kappa shape index (κ2) is 8.39. The summed E-state index contributed by atoms with van der Waals surface area (Å²) in [6, 6.07) is 1.70. The van der Waals surface area contributed by atoms with Gasteiger partial charge in [-0.05, 0) is 36.8 Å². The minimum Gasteiger partial charge on any atom is -0.475 e. The zero-order valence-electron chi connectivity index (χ0n) is 15.9. The van der Waals surface area contributed by atoms with Crippen molar-refractivity contribution in [1.82, 2.24) is 5.16 Å². The highest BCUT2D eigenvalue weighted by atomic mass is 16.7. The average Bonchev–Trinajstić information content (AvgIpc) is 3.25. The molecule has 1 aromatic rings. The van der Waals surface area contributed by atoms with Crippen molar-refractivity contribution in [2.75, 3.05) is 26.4 Å². The van der Waals surface area contributed by atoms with Gasteiger partial charge in [0.05, 0.1) is 26.4 Å². The van der Waals surface area contributed by atoms with Crippen LogP contribution in [-0.2, 0) is 19.0 Å². The van der Waals surface area contributed by atoms with Crippen molar-refractivity contribution in [3.8, 4) is 5.88 Å². The Morgan fingerprint density at radius 2 is 2.00 bits per heavy atom. The van der Waals surface area contributed by atoms with E-state index in [1.54, 1.807) is 13.0 Å². The zero-order valence-corrected chi connectivity index (χ0v) is 15.9. The lowest BCUT2D eigenvalue weighted by molar-refractivity contribution is -0.183. The first-order valence-corrected chi connectivity index (χ1v) is 9.57. The lowest BCUT2D eigenvalue weighted by atomic mass is 9.85. The molecule has 1 aliphatic carbocycles. The lowest BCUT2D eigenvalue weighted by Gasteiger charge is -2.35. The van der Waals surface area contributed by atoms with E-state index in [2.05, 4.69) is 5.16 Å². The predicted molar refractivity (Wildman–Crippen MR) is 92.8 cm³/mol. The van der Waals surface area contributed by atoms with Crippen molar-refractivity contribution in [2.24, 2.45) is 11.8 Å². The molecule has 1 aromatic heterocycles. The fraction of sp³-hybridized carbons (Fsp3) is 0.789. The molecule has 0 bridgehead atoms. The highest BCUT2D eigenvalue weighted by Gasteiger charge is 2.40. The number of rotatable bonds is 7. The van der Waals surface area contributed by atoms with Gasteiger partial charge in [0, 0.05) is 18.9 Å². The van der Waals surface area contributed by atoms with Crippen LogP contribution in [0.5, 0.6) is 5.88 Å². The first-order chi connectivity index (χ1) is 12.5. The van der Waals surface area contributed by atoms with Crippen molar-refractivity contribution in [3.63, 3.8) is 0 Å². The van der Waals surface area contributed by atoms with Crippen LogP contribution in [0.3, 0.4) is 0 Å². The van der Waals surface area contributed by atoms with E-state index in [1.807, 2.05) is 13.8 Å². The molecular weight excluding hydrogens is 338 g/mol. The van der Waals surface area contributed by atoms with Crippen LogP contribution in [0.4, 0.5) is 0 Å². The number of ether oxygens (including phenoxy) is 4. The van der Waals surface area contributed by atoms with E-state index < -0.39 is 5.92 Å². The largest absolute Gasteiger partial charge is 0.475 e. The molecule has 1 unspecified atom stereocenters. The summed E-state index contributed by atoms with van der Waals surface area (Å²) >= 11 is 0. The fourth-order valence-corrected chi connectivity index (χ4v) is 3.71. The third kappa shape index (κ3) is 4.38. The van der Waals surface area contributed by atoms with Crippen molar-refractivity contribution >= 4 is 5.97 Å². The summed E-state index contributed by atoms with van der Waals surface area (Å²) in [6.07, 6.45) is 3.82. The monoisotopic (exact) mass is 367 g/mol. The fourth-order valence-electron chi connectivity index (χ4n) is 3.71. The number of esters is 1. The summed E-state index contributed by atoms with van der Waals surface area (Å²) in [4.78, 5) is 12.1. The molecule has 2 aliphatic rings. The summed E-state index contributed by atoms with van der Waals surface area (Å²) in [5, 5.41) is 3.96. The van der Waals surface area contributed by atoms with Crippen LogP contribution in [0.25, 0.3) is 0 Å². The number of hydrogen-bond acceptors (Lipinski definition) is 7. The molecule has 1 saturated carbocycles. The van der Waals surface area contributed by atoms with Crippen LogP contribution in [0, 0.1) is 11.8 Å². The molecule has 0 amide bonds. The van der Waals surface area contributed by atoms with Crippen LogP contribution in [-0.4, -0.2) is 43.3 Å². The van der Waals surface area contributed by atoms with Crippen LogP contribution >= 0.6 is 0 Å². The number of hydrogen-bond donors (Lipinski definition) is 0. The molecule has 1 spiro atoms. The van der Waals surface area contributed by atoms with Crippen molar-refractivity contribution in [2.45, 2.75) is 58.2 Å². The summed E-state index contributed by atoms with van der Waals surface area (Å²) in [5.41, 5.74) is 0. The molecule has 1 atom stereocenters. The Bertz CT molecular complexity index is 583. The smallest absolute Gasteiger partial charge is 0.317 e. The molecule has 146 valence electrons. The molecule has 0 aromatic carbocycles. The molecular formula is C19H29NO6. The maximum absolute atomic E-state index is 12.1. The van der Waals surface area contributed by atoms with E-state index in [0.717, 1.165) is 25.7 Å². The van der Waals surface area contributed by atoms with E-state index in [1.165, 1.54) is 0 Å². The van der Waals surface area contributed by atoms with Crippen molar-refractivity contribution in [1.29, 1.82) is 0 Å². The van der Waals surface area contributed by atoms with Gasteiger partial charge in [-0.2, -0.15) is 0 Å². The summed E-state index contributed by atoms with van der Waals surface area (Å²) in [5.74, 6) is 0.301. The Morgan fingerprint density at radius 1 is 1.31 bits per heavy atom. The molecule has 2 fully saturated rings. The third-order valence-corrected chi connectivity index (χ3v) is 5.17. The predicted octanol–water partition coefficient (Wildman–Crippen LogP) is 3.29. The second-order valence-electron chi connectivity index (χ2n) is 7.40.